The second-order valence-corrected chi connectivity index (χ2v) is 8.00. The van der Waals surface area contributed by atoms with Crippen molar-refractivity contribution in [2.45, 2.75) is 6.54 Å². The fraction of sp³-hybridized carbons (Fsp3) is 0.400. The summed E-state index contributed by atoms with van der Waals surface area (Å²) >= 11 is 0. The molecule has 2 aromatic heterocycles. The van der Waals surface area contributed by atoms with Crippen LogP contribution in [0, 0.1) is 0 Å². The highest BCUT2D eigenvalue weighted by Crippen LogP contribution is 2.07. The molecule has 0 unspecified atom stereocenters. The van der Waals surface area contributed by atoms with Gasteiger partial charge in [0.05, 0.1) is 30.3 Å². The van der Waals surface area contributed by atoms with Crippen LogP contribution in [0.15, 0.2) is 36.7 Å². The molecule has 0 saturated carbocycles. The van der Waals surface area contributed by atoms with Crippen LogP contribution in [0.25, 0.3) is 0 Å². The molecule has 0 bridgehead atoms. The van der Waals surface area contributed by atoms with Gasteiger partial charge in [0.1, 0.15) is 0 Å². The molecule has 8 nitrogen and oxygen atoms in total. The van der Waals surface area contributed by atoms with E-state index in [-0.39, 0.29) is 24.0 Å². The topological polar surface area (TPSA) is 97.2 Å². The predicted octanol–water partition coefficient (Wildman–Crippen LogP) is -0.00470. The van der Waals surface area contributed by atoms with E-state index in [0.717, 1.165) is 5.69 Å². The summed E-state index contributed by atoms with van der Waals surface area (Å²) in [4.78, 5) is 18.1. The summed E-state index contributed by atoms with van der Waals surface area (Å²) < 4.78 is 24.5. The van der Waals surface area contributed by atoms with E-state index in [0.29, 0.717) is 25.5 Å². The quantitative estimate of drug-likeness (QED) is 0.816. The first kappa shape index (κ1) is 16.6. The van der Waals surface area contributed by atoms with Crippen molar-refractivity contribution in [3.8, 4) is 0 Å². The van der Waals surface area contributed by atoms with Gasteiger partial charge in [0, 0.05) is 31.5 Å². The van der Waals surface area contributed by atoms with Crippen LogP contribution in [0.4, 0.5) is 5.82 Å². The largest absolute Gasteiger partial charge is 0.308 e. The van der Waals surface area contributed by atoms with Crippen LogP contribution in [0.3, 0.4) is 0 Å². The molecule has 0 aromatic carbocycles. The van der Waals surface area contributed by atoms with Gasteiger partial charge < -0.3 is 5.32 Å². The SMILES string of the molecule is O=C(CN1CCS(=O)(=O)CC1)Nc1ccn(Cc2ccccn2)n1. The van der Waals surface area contributed by atoms with E-state index in [1.165, 1.54) is 0 Å². The highest BCUT2D eigenvalue weighted by molar-refractivity contribution is 7.91. The van der Waals surface area contributed by atoms with E-state index >= 15 is 0 Å². The second kappa shape index (κ2) is 7.10. The Morgan fingerprint density at radius 2 is 2.00 bits per heavy atom. The number of nitrogens with zero attached hydrogens (tertiary/aromatic N) is 4. The second-order valence-electron chi connectivity index (χ2n) is 5.70. The number of anilines is 1. The molecule has 0 spiro atoms. The Morgan fingerprint density at radius 3 is 2.71 bits per heavy atom. The van der Waals surface area contributed by atoms with Crippen LogP contribution < -0.4 is 5.32 Å². The van der Waals surface area contributed by atoms with Gasteiger partial charge in [-0.15, -0.1) is 0 Å². The molecule has 3 heterocycles. The van der Waals surface area contributed by atoms with E-state index < -0.39 is 9.84 Å². The van der Waals surface area contributed by atoms with Crippen molar-refractivity contribution in [3.05, 3.63) is 42.4 Å². The molecule has 0 radical (unpaired) electrons. The molecule has 9 heteroatoms. The lowest BCUT2D eigenvalue weighted by Gasteiger charge is -2.25. The zero-order valence-corrected chi connectivity index (χ0v) is 13.9. The Balaban J connectivity index is 1.50. The number of aromatic nitrogens is 3. The van der Waals surface area contributed by atoms with Crippen LogP contribution in [0.5, 0.6) is 0 Å². The third-order valence-electron chi connectivity index (χ3n) is 3.76. The number of carbonyl (C=O) groups is 1. The first-order valence-electron chi connectivity index (χ1n) is 7.66. The molecule has 24 heavy (non-hydrogen) atoms. The maximum atomic E-state index is 12.0. The molecule has 3 rings (SSSR count). The third kappa shape index (κ3) is 4.62. The fourth-order valence-electron chi connectivity index (χ4n) is 2.47. The minimum Gasteiger partial charge on any atom is -0.308 e. The van der Waals surface area contributed by atoms with Gasteiger partial charge in [0.25, 0.3) is 0 Å². The van der Waals surface area contributed by atoms with Crippen molar-refractivity contribution in [2.24, 2.45) is 0 Å². The van der Waals surface area contributed by atoms with Gasteiger partial charge in [-0.3, -0.25) is 19.4 Å². The number of amides is 1. The zero-order valence-electron chi connectivity index (χ0n) is 13.1. The summed E-state index contributed by atoms with van der Waals surface area (Å²) in [5, 5.41) is 7.03. The summed E-state index contributed by atoms with van der Waals surface area (Å²) in [5.74, 6) is 0.496. The van der Waals surface area contributed by atoms with Gasteiger partial charge in [-0.2, -0.15) is 5.10 Å². The van der Waals surface area contributed by atoms with Gasteiger partial charge in [-0.1, -0.05) is 6.07 Å². The molecule has 128 valence electrons. The lowest BCUT2D eigenvalue weighted by molar-refractivity contribution is -0.117. The zero-order chi connectivity index (χ0) is 17.0. The molecule has 2 aromatic rings. The first-order valence-corrected chi connectivity index (χ1v) is 9.48. The fourth-order valence-corrected chi connectivity index (χ4v) is 3.74. The van der Waals surface area contributed by atoms with Crippen molar-refractivity contribution in [2.75, 3.05) is 36.5 Å². The Labute approximate surface area is 140 Å². The molecule has 1 aliphatic rings. The molecular weight excluding hydrogens is 330 g/mol. The third-order valence-corrected chi connectivity index (χ3v) is 5.37. The van der Waals surface area contributed by atoms with E-state index in [1.807, 2.05) is 23.1 Å². The Morgan fingerprint density at radius 1 is 1.21 bits per heavy atom. The van der Waals surface area contributed by atoms with Crippen LogP contribution in [0.2, 0.25) is 0 Å². The number of nitrogens with one attached hydrogen (secondary N) is 1. The number of sulfone groups is 1. The minimum absolute atomic E-state index is 0.110. The molecule has 1 saturated heterocycles. The standard InChI is InChI=1S/C15H19N5O3S/c21-15(12-19-7-9-24(22,23)10-8-19)17-14-4-6-20(18-14)11-13-3-1-2-5-16-13/h1-6H,7-12H2,(H,17,18,21). The lowest BCUT2D eigenvalue weighted by Crippen LogP contribution is -2.43. The highest BCUT2D eigenvalue weighted by Gasteiger charge is 2.23. The van der Waals surface area contributed by atoms with Crippen LogP contribution in [0.1, 0.15) is 5.69 Å². The summed E-state index contributed by atoms with van der Waals surface area (Å²) in [5.41, 5.74) is 0.882. The summed E-state index contributed by atoms with van der Waals surface area (Å²) in [6.07, 6.45) is 3.50. The summed E-state index contributed by atoms with van der Waals surface area (Å²) in [6, 6.07) is 7.39. The predicted molar refractivity (Wildman–Crippen MR) is 89.3 cm³/mol. The van der Waals surface area contributed by atoms with Crippen molar-refractivity contribution in [3.63, 3.8) is 0 Å². The number of hydrogen-bond acceptors (Lipinski definition) is 6. The lowest BCUT2D eigenvalue weighted by atomic mass is 10.3. The van der Waals surface area contributed by atoms with E-state index in [4.69, 9.17) is 0 Å². The number of rotatable bonds is 5. The molecule has 1 amide bonds. The van der Waals surface area contributed by atoms with Gasteiger partial charge in [0.2, 0.25) is 5.91 Å². The van der Waals surface area contributed by atoms with Crippen LogP contribution >= 0.6 is 0 Å². The monoisotopic (exact) mass is 349 g/mol. The Bertz CT molecular complexity index is 790. The summed E-state index contributed by atoms with van der Waals surface area (Å²) in [6.45, 7) is 1.48. The Kier molecular flexibility index (Phi) is 4.91. The average molecular weight is 349 g/mol. The normalized spacial score (nSPS) is 17.5. The van der Waals surface area contributed by atoms with E-state index in [1.54, 1.807) is 23.1 Å². The van der Waals surface area contributed by atoms with Crippen LogP contribution in [-0.2, 0) is 21.2 Å². The van der Waals surface area contributed by atoms with Gasteiger partial charge in [-0.05, 0) is 12.1 Å². The van der Waals surface area contributed by atoms with Crippen molar-refractivity contribution < 1.29 is 13.2 Å². The maximum Gasteiger partial charge on any atom is 0.239 e. The molecule has 0 atom stereocenters. The number of carbonyl (C=O) groups excluding carboxylic acids is 1. The molecule has 1 N–H and O–H groups in total. The van der Waals surface area contributed by atoms with E-state index in [2.05, 4.69) is 15.4 Å². The maximum absolute atomic E-state index is 12.0. The number of pyridine rings is 1. The van der Waals surface area contributed by atoms with Crippen molar-refractivity contribution >= 4 is 21.6 Å². The first-order chi connectivity index (χ1) is 11.5. The average Bonchev–Trinajstić information content (AvgIpc) is 2.97. The molecular formula is C15H19N5O3S. The molecule has 1 aliphatic heterocycles. The summed E-state index contributed by atoms with van der Waals surface area (Å²) in [7, 11) is -2.93. The van der Waals surface area contributed by atoms with Crippen molar-refractivity contribution in [1.29, 1.82) is 0 Å². The van der Waals surface area contributed by atoms with Gasteiger partial charge >= 0.3 is 0 Å². The van der Waals surface area contributed by atoms with Gasteiger partial charge in [0.15, 0.2) is 15.7 Å². The molecule has 1 fully saturated rings. The number of hydrogen-bond donors (Lipinski definition) is 1. The van der Waals surface area contributed by atoms with Crippen LogP contribution in [-0.4, -0.2) is 65.1 Å². The highest BCUT2D eigenvalue weighted by atomic mass is 32.2. The van der Waals surface area contributed by atoms with E-state index in [9.17, 15) is 13.2 Å². The smallest absolute Gasteiger partial charge is 0.239 e. The van der Waals surface area contributed by atoms with Gasteiger partial charge in [-0.25, -0.2) is 8.42 Å². The molecule has 0 aliphatic carbocycles. The van der Waals surface area contributed by atoms with Crippen molar-refractivity contribution in [1.82, 2.24) is 19.7 Å². The Hall–Kier alpha value is -2.26. The minimum atomic E-state index is -2.93.